The van der Waals surface area contributed by atoms with Gasteiger partial charge in [-0.1, -0.05) is 35.9 Å². The SMILES string of the molecule is O=C(Cc1ccc(Cl)cc1)Nc1cnc(Oc2ccccc2F)nc1. The summed E-state index contributed by atoms with van der Waals surface area (Å²) in [6, 6.07) is 13.0. The van der Waals surface area contributed by atoms with Crippen molar-refractivity contribution < 1.29 is 13.9 Å². The van der Waals surface area contributed by atoms with Crippen LogP contribution in [0.2, 0.25) is 5.02 Å². The number of hydrogen-bond acceptors (Lipinski definition) is 4. The van der Waals surface area contributed by atoms with Crippen molar-refractivity contribution in [2.24, 2.45) is 0 Å². The summed E-state index contributed by atoms with van der Waals surface area (Å²) in [5.74, 6) is -0.692. The number of nitrogens with one attached hydrogen (secondary N) is 1. The van der Waals surface area contributed by atoms with Gasteiger partial charge in [-0.25, -0.2) is 14.4 Å². The molecule has 1 N–H and O–H groups in total. The van der Waals surface area contributed by atoms with Crippen LogP contribution in [0, 0.1) is 5.82 Å². The Kier molecular flexibility index (Phi) is 5.20. The van der Waals surface area contributed by atoms with Crippen molar-refractivity contribution in [2.75, 3.05) is 5.32 Å². The highest BCUT2D eigenvalue weighted by Gasteiger charge is 2.08. The fraction of sp³-hybridized carbons (Fsp3) is 0.0556. The van der Waals surface area contributed by atoms with Crippen LogP contribution in [-0.4, -0.2) is 15.9 Å². The second-order valence-corrected chi connectivity index (χ2v) is 5.57. The monoisotopic (exact) mass is 357 g/mol. The van der Waals surface area contributed by atoms with Gasteiger partial charge in [-0.2, -0.15) is 0 Å². The zero-order valence-corrected chi connectivity index (χ0v) is 13.7. The normalized spacial score (nSPS) is 10.3. The molecule has 1 amide bonds. The Morgan fingerprint density at radius 3 is 2.44 bits per heavy atom. The van der Waals surface area contributed by atoms with Crippen molar-refractivity contribution in [3.8, 4) is 11.8 Å². The van der Waals surface area contributed by atoms with E-state index in [1.165, 1.54) is 24.5 Å². The number of halogens is 2. The molecular weight excluding hydrogens is 345 g/mol. The van der Waals surface area contributed by atoms with E-state index < -0.39 is 5.82 Å². The zero-order chi connectivity index (χ0) is 17.6. The minimum absolute atomic E-state index is 0.0131. The molecule has 2 aromatic carbocycles. The van der Waals surface area contributed by atoms with Gasteiger partial charge in [0.15, 0.2) is 11.6 Å². The molecule has 25 heavy (non-hydrogen) atoms. The Morgan fingerprint density at radius 2 is 1.76 bits per heavy atom. The molecule has 0 bridgehead atoms. The molecule has 0 atom stereocenters. The third-order valence-electron chi connectivity index (χ3n) is 3.23. The van der Waals surface area contributed by atoms with Crippen molar-refractivity contribution in [2.45, 2.75) is 6.42 Å². The topological polar surface area (TPSA) is 64.1 Å². The molecule has 0 unspecified atom stereocenters. The smallest absolute Gasteiger partial charge is 0.322 e. The van der Waals surface area contributed by atoms with Crippen LogP contribution in [0.4, 0.5) is 10.1 Å². The molecular formula is C18H13ClFN3O2. The van der Waals surface area contributed by atoms with Gasteiger partial charge in [-0.05, 0) is 29.8 Å². The second-order valence-electron chi connectivity index (χ2n) is 5.14. The van der Waals surface area contributed by atoms with E-state index in [4.69, 9.17) is 16.3 Å². The highest BCUT2D eigenvalue weighted by atomic mass is 35.5. The minimum Gasteiger partial charge on any atom is -0.421 e. The number of aromatic nitrogens is 2. The second kappa shape index (κ2) is 7.72. The van der Waals surface area contributed by atoms with Crippen molar-refractivity contribution >= 4 is 23.2 Å². The Labute approximate surface area is 148 Å². The molecule has 0 aliphatic heterocycles. The number of amides is 1. The largest absolute Gasteiger partial charge is 0.421 e. The van der Waals surface area contributed by atoms with Crippen LogP contribution >= 0.6 is 11.6 Å². The molecule has 0 spiro atoms. The number of ether oxygens (including phenoxy) is 1. The molecule has 3 rings (SSSR count). The molecule has 0 saturated carbocycles. The maximum absolute atomic E-state index is 13.5. The number of nitrogens with zero attached hydrogens (tertiary/aromatic N) is 2. The summed E-state index contributed by atoms with van der Waals surface area (Å²) in [5, 5.41) is 3.29. The first-order chi connectivity index (χ1) is 12.1. The molecule has 0 fully saturated rings. The van der Waals surface area contributed by atoms with Crippen molar-refractivity contribution in [3.63, 3.8) is 0 Å². The van der Waals surface area contributed by atoms with Gasteiger partial charge < -0.3 is 10.1 Å². The number of rotatable bonds is 5. The average Bonchev–Trinajstić information content (AvgIpc) is 2.61. The van der Waals surface area contributed by atoms with E-state index in [2.05, 4.69) is 15.3 Å². The number of hydrogen-bond donors (Lipinski definition) is 1. The summed E-state index contributed by atoms with van der Waals surface area (Å²) in [6.45, 7) is 0. The van der Waals surface area contributed by atoms with Crippen LogP contribution in [0.15, 0.2) is 60.9 Å². The quantitative estimate of drug-likeness (QED) is 0.741. The molecule has 5 nitrogen and oxygen atoms in total. The van der Waals surface area contributed by atoms with Crippen LogP contribution in [0.25, 0.3) is 0 Å². The maximum Gasteiger partial charge on any atom is 0.322 e. The van der Waals surface area contributed by atoms with E-state index in [-0.39, 0.29) is 24.1 Å². The summed E-state index contributed by atoms with van der Waals surface area (Å²) in [4.78, 5) is 19.9. The van der Waals surface area contributed by atoms with Gasteiger partial charge in [0.1, 0.15) is 0 Å². The average molecular weight is 358 g/mol. The summed E-state index contributed by atoms with van der Waals surface area (Å²) in [7, 11) is 0. The Bertz CT molecular complexity index is 870. The van der Waals surface area contributed by atoms with E-state index >= 15 is 0 Å². The molecule has 0 radical (unpaired) electrons. The molecule has 7 heteroatoms. The van der Waals surface area contributed by atoms with Crippen LogP contribution in [0.1, 0.15) is 5.56 Å². The number of carbonyl (C=O) groups excluding carboxylic acids is 1. The predicted molar refractivity (Wildman–Crippen MR) is 92.3 cm³/mol. The van der Waals surface area contributed by atoms with E-state index in [1.54, 1.807) is 36.4 Å². The number of para-hydroxylation sites is 1. The first-order valence-corrected chi connectivity index (χ1v) is 7.77. The van der Waals surface area contributed by atoms with Crippen molar-refractivity contribution in [3.05, 3.63) is 77.3 Å². The molecule has 0 saturated heterocycles. The van der Waals surface area contributed by atoms with Gasteiger partial charge in [-0.15, -0.1) is 0 Å². The third-order valence-corrected chi connectivity index (χ3v) is 3.48. The number of carbonyl (C=O) groups is 1. The van der Waals surface area contributed by atoms with Crippen LogP contribution in [-0.2, 0) is 11.2 Å². The van der Waals surface area contributed by atoms with Gasteiger partial charge in [0.05, 0.1) is 24.5 Å². The molecule has 1 heterocycles. The number of anilines is 1. The lowest BCUT2D eigenvalue weighted by Crippen LogP contribution is -2.14. The fourth-order valence-corrected chi connectivity index (χ4v) is 2.18. The predicted octanol–water partition coefficient (Wildman–Crippen LogP) is 4.24. The Balaban J connectivity index is 1.59. The lowest BCUT2D eigenvalue weighted by molar-refractivity contribution is -0.115. The van der Waals surface area contributed by atoms with E-state index in [0.717, 1.165) is 5.56 Å². The Morgan fingerprint density at radius 1 is 1.08 bits per heavy atom. The zero-order valence-electron chi connectivity index (χ0n) is 12.9. The van der Waals surface area contributed by atoms with Gasteiger partial charge in [0.2, 0.25) is 5.91 Å². The first-order valence-electron chi connectivity index (χ1n) is 7.39. The summed E-state index contributed by atoms with van der Waals surface area (Å²) in [5.41, 5.74) is 1.25. The van der Waals surface area contributed by atoms with Gasteiger partial charge in [0, 0.05) is 5.02 Å². The lowest BCUT2D eigenvalue weighted by Gasteiger charge is -2.07. The van der Waals surface area contributed by atoms with Crippen molar-refractivity contribution in [1.29, 1.82) is 0 Å². The highest BCUT2D eigenvalue weighted by Crippen LogP contribution is 2.21. The standard InChI is InChI=1S/C18H13ClFN3O2/c19-13-7-5-12(6-8-13)9-17(24)23-14-10-21-18(22-11-14)25-16-4-2-1-3-15(16)20/h1-8,10-11H,9H2,(H,23,24). The van der Waals surface area contributed by atoms with Crippen molar-refractivity contribution in [1.82, 2.24) is 9.97 Å². The van der Waals surface area contributed by atoms with E-state index in [0.29, 0.717) is 10.7 Å². The summed E-state index contributed by atoms with van der Waals surface area (Å²) in [6.07, 6.45) is 2.98. The Hall–Kier alpha value is -2.99. The maximum atomic E-state index is 13.5. The van der Waals surface area contributed by atoms with E-state index in [1.807, 2.05) is 0 Å². The molecule has 126 valence electrons. The van der Waals surface area contributed by atoms with Crippen LogP contribution in [0.3, 0.4) is 0 Å². The highest BCUT2D eigenvalue weighted by molar-refractivity contribution is 6.30. The van der Waals surface area contributed by atoms with Gasteiger partial charge >= 0.3 is 6.01 Å². The first kappa shape index (κ1) is 16.9. The molecule has 0 aliphatic rings. The minimum atomic E-state index is -0.508. The molecule has 0 aliphatic carbocycles. The van der Waals surface area contributed by atoms with E-state index in [9.17, 15) is 9.18 Å². The third kappa shape index (κ3) is 4.74. The molecule has 1 aromatic heterocycles. The lowest BCUT2D eigenvalue weighted by atomic mass is 10.1. The summed E-state index contributed by atoms with van der Waals surface area (Å²) < 4.78 is 18.8. The van der Waals surface area contributed by atoms with Gasteiger partial charge in [0.25, 0.3) is 0 Å². The van der Waals surface area contributed by atoms with Crippen LogP contribution in [0.5, 0.6) is 11.8 Å². The van der Waals surface area contributed by atoms with Crippen LogP contribution < -0.4 is 10.1 Å². The molecule has 3 aromatic rings. The van der Waals surface area contributed by atoms with Gasteiger partial charge in [-0.3, -0.25) is 4.79 Å². The number of benzene rings is 2. The summed E-state index contributed by atoms with van der Waals surface area (Å²) >= 11 is 5.81. The fourth-order valence-electron chi connectivity index (χ4n) is 2.05.